The van der Waals surface area contributed by atoms with Crippen molar-refractivity contribution in [3.63, 3.8) is 0 Å². The van der Waals surface area contributed by atoms with E-state index in [-0.39, 0.29) is 6.10 Å². The molecular formula is C17H21NO. The fourth-order valence-electron chi connectivity index (χ4n) is 3.31. The van der Waals surface area contributed by atoms with Crippen LogP contribution in [0, 0.1) is 5.92 Å². The molecule has 0 bridgehead atoms. The predicted molar refractivity (Wildman–Crippen MR) is 79.3 cm³/mol. The Hall–Kier alpha value is -1.38. The molecular weight excluding hydrogens is 234 g/mol. The smallest absolute Gasteiger partial charge is 0.0833 e. The number of fused-ring (bicyclic) bond motifs is 3. The van der Waals surface area contributed by atoms with Crippen LogP contribution in [0.4, 0.5) is 0 Å². The third kappa shape index (κ3) is 2.26. The first-order valence-corrected chi connectivity index (χ1v) is 7.00. The number of hydrogen-bond donors (Lipinski definition) is 1. The van der Waals surface area contributed by atoms with Gasteiger partial charge in [0.15, 0.2) is 0 Å². The Kier molecular flexibility index (Phi) is 3.29. The van der Waals surface area contributed by atoms with E-state index in [0.717, 1.165) is 24.9 Å². The number of aliphatic hydroxyl groups excluding tert-OH is 1. The SMILES string of the molecule is CN(C)CC1CCc2c(ccc3ccccc23)C1O. The van der Waals surface area contributed by atoms with E-state index in [2.05, 4.69) is 55.4 Å². The Morgan fingerprint density at radius 3 is 2.74 bits per heavy atom. The summed E-state index contributed by atoms with van der Waals surface area (Å²) in [5.74, 6) is 0.351. The summed E-state index contributed by atoms with van der Waals surface area (Å²) in [6.07, 6.45) is 1.82. The van der Waals surface area contributed by atoms with Gasteiger partial charge in [0.1, 0.15) is 0 Å². The number of rotatable bonds is 2. The van der Waals surface area contributed by atoms with Crippen LogP contribution in [0.1, 0.15) is 23.7 Å². The molecule has 2 aromatic rings. The molecule has 0 aliphatic heterocycles. The van der Waals surface area contributed by atoms with E-state index in [1.165, 1.54) is 16.3 Å². The summed E-state index contributed by atoms with van der Waals surface area (Å²) in [6.45, 7) is 0.952. The molecule has 0 saturated carbocycles. The maximum absolute atomic E-state index is 10.6. The first kappa shape index (κ1) is 12.6. The summed E-state index contributed by atoms with van der Waals surface area (Å²) >= 11 is 0. The summed E-state index contributed by atoms with van der Waals surface area (Å²) in [6, 6.07) is 12.7. The van der Waals surface area contributed by atoms with Gasteiger partial charge in [0.05, 0.1) is 6.10 Å². The molecule has 2 heteroatoms. The van der Waals surface area contributed by atoms with Gasteiger partial charge in [-0.05, 0) is 48.8 Å². The van der Waals surface area contributed by atoms with Gasteiger partial charge in [-0.15, -0.1) is 0 Å². The van der Waals surface area contributed by atoms with Gasteiger partial charge in [0.25, 0.3) is 0 Å². The second kappa shape index (κ2) is 4.95. The van der Waals surface area contributed by atoms with E-state index in [9.17, 15) is 5.11 Å². The van der Waals surface area contributed by atoms with E-state index in [1.807, 2.05) is 0 Å². The summed E-state index contributed by atoms with van der Waals surface area (Å²) in [7, 11) is 4.14. The van der Waals surface area contributed by atoms with Gasteiger partial charge in [-0.25, -0.2) is 0 Å². The summed E-state index contributed by atoms with van der Waals surface area (Å²) in [4.78, 5) is 2.17. The maximum Gasteiger partial charge on any atom is 0.0833 e. The van der Waals surface area contributed by atoms with Crippen LogP contribution < -0.4 is 0 Å². The minimum Gasteiger partial charge on any atom is -0.388 e. The normalized spacial score (nSPS) is 22.7. The summed E-state index contributed by atoms with van der Waals surface area (Å²) in [5.41, 5.74) is 2.48. The zero-order chi connectivity index (χ0) is 13.4. The minimum absolute atomic E-state index is 0.323. The summed E-state index contributed by atoms with van der Waals surface area (Å²) in [5, 5.41) is 13.2. The Balaban J connectivity index is 2.03. The van der Waals surface area contributed by atoms with Crippen molar-refractivity contribution in [1.29, 1.82) is 0 Å². The summed E-state index contributed by atoms with van der Waals surface area (Å²) < 4.78 is 0. The van der Waals surface area contributed by atoms with E-state index in [1.54, 1.807) is 0 Å². The van der Waals surface area contributed by atoms with E-state index < -0.39 is 0 Å². The van der Waals surface area contributed by atoms with Gasteiger partial charge in [0, 0.05) is 12.5 Å². The van der Waals surface area contributed by atoms with Crippen LogP contribution in [-0.2, 0) is 6.42 Å². The van der Waals surface area contributed by atoms with E-state index >= 15 is 0 Å². The van der Waals surface area contributed by atoms with Gasteiger partial charge in [0.2, 0.25) is 0 Å². The first-order chi connectivity index (χ1) is 9.16. The van der Waals surface area contributed by atoms with Crippen molar-refractivity contribution in [3.8, 4) is 0 Å². The van der Waals surface area contributed by atoms with Crippen molar-refractivity contribution in [2.24, 2.45) is 5.92 Å². The van der Waals surface area contributed by atoms with Gasteiger partial charge in [-0.1, -0.05) is 36.4 Å². The Morgan fingerprint density at radius 2 is 1.95 bits per heavy atom. The molecule has 19 heavy (non-hydrogen) atoms. The number of hydrogen-bond acceptors (Lipinski definition) is 2. The Bertz CT molecular complexity index is 591. The van der Waals surface area contributed by atoms with Crippen LogP contribution >= 0.6 is 0 Å². The highest BCUT2D eigenvalue weighted by Gasteiger charge is 2.28. The highest BCUT2D eigenvalue weighted by Crippen LogP contribution is 2.38. The number of benzene rings is 2. The minimum atomic E-state index is -0.323. The molecule has 2 atom stereocenters. The standard InChI is InChI=1S/C17H21NO/c1-18(2)11-13-8-9-15-14-6-4-3-5-12(14)7-10-16(15)17(13)19/h3-7,10,13,17,19H,8-9,11H2,1-2H3. The van der Waals surface area contributed by atoms with Crippen LogP contribution in [0.2, 0.25) is 0 Å². The molecule has 2 aromatic carbocycles. The number of aliphatic hydroxyl groups is 1. The zero-order valence-electron chi connectivity index (χ0n) is 11.6. The monoisotopic (exact) mass is 255 g/mol. The lowest BCUT2D eigenvalue weighted by Crippen LogP contribution is -2.30. The first-order valence-electron chi connectivity index (χ1n) is 7.00. The lowest BCUT2D eigenvalue weighted by atomic mass is 9.79. The second-order valence-corrected chi connectivity index (χ2v) is 5.86. The van der Waals surface area contributed by atoms with Gasteiger partial charge in [-0.3, -0.25) is 0 Å². The van der Waals surface area contributed by atoms with E-state index in [4.69, 9.17) is 0 Å². The molecule has 1 N–H and O–H groups in total. The molecule has 0 amide bonds. The molecule has 0 spiro atoms. The third-order valence-electron chi connectivity index (χ3n) is 4.21. The topological polar surface area (TPSA) is 23.5 Å². The third-order valence-corrected chi connectivity index (χ3v) is 4.21. The van der Waals surface area contributed by atoms with Crippen LogP contribution in [-0.4, -0.2) is 30.6 Å². The molecule has 1 aliphatic rings. The van der Waals surface area contributed by atoms with Gasteiger partial charge >= 0.3 is 0 Å². The molecule has 0 saturated heterocycles. The van der Waals surface area contributed by atoms with E-state index in [0.29, 0.717) is 5.92 Å². The van der Waals surface area contributed by atoms with Crippen molar-refractivity contribution >= 4 is 10.8 Å². The quantitative estimate of drug-likeness (QED) is 0.891. The lowest BCUT2D eigenvalue weighted by Gasteiger charge is -2.32. The molecule has 0 aromatic heterocycles. The number of aryl methyl sites for hydroxylation is 1. The molecule has 0 heterocycles. The highest BCUT2D eigenvalue weighted by molar-refractivity contribution is 5.87. The zero-order valence-corrected chi connectivity index (χ0v) is 11.6. The maximum atomic E-state index is 10.6. The van der Waals surface area contributed by atoms with Crippen molar-refractivity contribution < 1.29 is 5.11 Å². The molecule has 2 nitrogen and oxygen atoms in total. The molecule has 1 aliphatic carbocycles. The molecule has 100 valence electrons. The fourth-order valence-corrected chi connectivity index (χ4v) is 3.31. The van der Waals surface area contributed by atoms with Crippen molar-refractivity contribution in [3.05, 3.63) is 47.5 Å². The van der Waals surface area contributed by atoms with Crippen molar-refractivity contribution in [1.82, 2.24) is 4.90 Å². The van der Waals surface area contributed by atoms with Crippen molar-refractivity contribution in [2.45, 2.75) is 18.9 Å². The molecule has 2 unspecified atom stereocenters. The average Bonchev–Trinajstić information content (AvgIpc) is 2.41. The average molecular weight is 255 g/mol. The van der Waals surface area contributed by atoms with Gasteiger partial charge in [-0.2, -0.15) is 0 Å². The second-order valence-electron chi connectivity index (χ2n) is 5.86. The highest BCUT2D eigenvalue weighted by atomic mass is 16.3. The molecule has 0 radical (unpaired) electrons. The van der Waals surface area contributed by atoms with Crippen LogP contribution in [0.25, 0.3) is 10.8 Å². The van der Waals surface area contributed by atoms with Crippen molar-refractivity contribution in [2.75, 3.05) is 20.6 Å². The Morgan fingerprint density at radius 1 is 1.16 bits per heavy atom. The van der Waals surface area contributed by atoms with Crippen LogP contribution in [0.5, 0.6) is 0 Å². The van der Waals surface area contributed by atoms with Crippen LogP contribution in [0.15, 0.2) is 36.4 Å². The number of nitrogens with zero attached hydrogens (tertiary/aromatic N) is 1. The van der Waals surface area contributed by atoms with Crippen LogP contribution in [0.3, 0.4) is 0 Å². The van der Waals surface area contributed by atoms with Gasteiger partial charge < -0.3 is 10.0 Å². The molecule has 3 rings (SSSR count). The lowest BCUT2D eigenvalue weighted by molar-refractivity contribution is 0.0771. The fraction of sp³-hybridized carbons (Fsp3) is 0.412. The predicted octanol–water partition coefficient (Wildman–Crippen LogP) is 3.00. The largest absolute Gasteiger partial charge is 0.388 e. The molecule has 0 fully saturated rings. The Labute approximate surface area is 114 Å².